The lowest BCUT2D eigenvalue weighted by Crippen LogP contribution is -2.29. The van der Waals surface area contributed by atoms with Crippen molar-refractivity contribution in [1.29, 1.82) is 5.41 Å². The molecule has 1 aromatic carbocycles. The van der Waals surface area contributed by atoms with Crippen LogP contribution in [0.25, 0.3) is 0 Å². The fourth-order valence-electron chi connectivity index (χ4n) is 1.74. The van der Waals surface area contributed by atoms with Gasteiger partial charge < -0.3 is 4.74 Å². The zero-order valence-corrected chi connectivity index (χ0v) is 11.1. The number of alkyl halides is 3. The summed E-state index contributed by atoms with van der Waals surface area (Å²) in [5.41, 5.74) is 0.840. The topological polar surface area (TPSA) is 53.4 Å². The fraction of sp³-hybridized carbons (Fsp3) is 0.333. The van der Waals surface area contributed by atoms with Crippen molar-refractivity contribution in [3.05, 3.63) is 29.8 Å². The number of carbonyl (C=O) groups is 1. The number of hydrogen-bond donors (Lipinski definition) is 1. The second-order valence-electron chi connectivity index (χ2n) is 4.06. The van der Waals surface area contributed by atoms with Crippen molar-refractivity contribution < 1.29 is 22.7 Å². The Morgan fingerprint density at radius 2 is 2.05 bits per heavy atom. The van der Waals surface area contributed by atoms with E-state index in [2.05, 4.69) is 4.74 Å². The minimum atomic E-state index is -4.39. The third-order valence-corrected chi connectivity index (χ3v) is 3.39. The van der Waals surface area contributed by atoms with Crippen LogP contribution in [0, 0.1) is 5.41 Å². The third-order valence-electron chi connectivity index (χ3n) is 2.54. The first-order valence-electron chi connectivity index (χ1n) is 5.65. The molecule has 0 radical (unpaired) electrons. The smallest absolute Gasteiger partial charge is 0.367 e. The largest absolute Gasteiger partial charge is 0.411 e. The summed E-state index contributed by atoms with van der Waals surface area (Å²) in [6.07, 6.45) is -4.39. The molecule has 1 fully saturated rings. The maximum Gasteiger partial charge on any atom is 0.411 e. The molecule has 0 aromatic heterocycles. The second-order valence-corrected chi connectivity index (χ2v) is 5.02. The number of amides is 1. The number of halogens is 3. The maximum absolute atomic E-state index is 12.1. The number of carbonyl (C=O) groups excluding carboxylic acids is 1. The molecule has 2 rings (SSSR count). The SMILES string of the molecule is N=C1SCC(=O)N1c1ccccc1COCC(F)(F)F. The standard InChI is InChI=1S/C12H11F3N2O2S/c13-12(14,15)7-19-5-8-3-1-2-4-9(8)17-10(18)6-20-11(17)16/h1-4,16H,5-7H2. The van der Waals surface area contributed by atoms with Gasteiger partial charge in [0.1, 0.15) is 6.61 Å². The van der Waals surface area contributed by atoms with Crippen LogP contribution < -0.4 is 4.90 Å². The summed E-state index contributed by atoms with van der Waals surface area (Å²) in [6.45, 7) is -1.61. The first-order valence-corrected chi connectivity index (χ1v) is 6.64. The molecule has 0 atom stereocenters. The average molecular weight is 304 g/mol. The van der Waals surface area contributed by atoms with Crippen molar-refractivity contribution >= 4 is 28.5 Å². The third kappa shape index (κ3) is 3.51. The summed E-state index contributed by atoms with van der Waals surface area (Å²) in [5.74, 6) is -0.0976. The molecule has 0 spiro atoms. The van der Waals surface area contributed by atoms with Crippen LogP contribution in [0.5, 0.6) is 0 Å². The molecule has 4 nitrogen and oxygen atoms in total. The minimum absolute atomic E-state index is 0.0678. The van der Waals surface area contributed by atoms with E-state index < -0.39 is 12.8 Å². The Morgan fingerprint density at radius 1 is 1.35 bits per heavy atom. The lowest BCUT2D eigenvalue weighted by atomic mass is 10.1. The molecule has 108 valence electrons. The Bertz CT molecular complexity index is 518. The Labute approximate surface area is 117 Å². The van der Waals surface area contributed by atoms with Crippen molar-refractivity contribution in [2.45, 2.75) is 12.8 Å². The maximum atomic E-state index is 12.1. The summed E-state index contributed by atoms with van der Waals surface area (Å²) in [5, 5.41) is 7.76. The van der Waals surface area contributed by atoms with Crippen LogP contribution in [-0.4, -0.2) is 29.6 Å². The van der Waals surface area contributed by atoms with Gasteiger partial charge in [0.2, 0.25) is 5.91 Å². The van der Waals surface area contributed by atoms with E-state index in [1.165, 1.54) is 4.90 Å². The van der Waals surface area contributed by atoms with Gasteiger partial charge in [-0.3, -0.25) is 15.1 Å². The Morgan fingerprint density at radius 3 is 2.65 bits per heavy atom. The van der Waals surface area contributed by atoms with E-state index in [0.717, 1.165) is 11.8 Å². The molecule has 0 unspecified atom stereocenters. The van der Waals surface area contributed by atoms with Crippen molar-refractivity contribution in [3.8, 4) is 0 Å². The summed E-state index contributed by atoms with van der Waals surface area (Å²) in [7, 11) is 0. The second kappa shape index (κ2) is 5.84. The van der Waals surface area contributed by atoms with Crippen molar-refractivity contribution in [1.82, 2.24) is 0 Å². The van der Waals surface area contributed by atoms with Gasteiger partial charge >= 0.3 is 6.18 Å². The molecule has 1 aliphatic heterocycles. The van der Waals surface area contributed by atoms with E-state index in [4.69, 9.17) is 5.41 Å². The number of nitrogens with one attached hydrogen (secondary N) is 1. The van der Waals surface area contributed by atoms with Gasteiger partial charge in [-0.1, -0.05) is 30.0 Å². The molecule has 0 aliphatic carbocycles. The van der Waals surface area contributed by atoms with E-state index >= 15 is 0 Å². The number of benzene rings is 1. The summed E-state index contributed by atoms with van der Waals surface area (Å²) in [4.78, 5) is 12.9. The molecule has 20 heavy (non-hydrogen) atoms. The van der Waals surface area contributed by atoms with Crippen LogP contribution in [0.4, 0.5) is 18.9 Å². The predicted molar refractivity (Wildman–Crippen MR) is 69.8 cm³/mol. The van der Waals surface area contributed by atoms with Crippen molar-refractivity contribution in [3.63, 3.8) is 0 Å². The Hall–Kier alpha value is -1.54. The highest BCUT2D eigenvalue weighted by Crippen LogP contribution is 2.29. The van der Waals surface area contributed by atoms with Gasteiger partial charge in [-0.25, -0.2) is 0 Å². The molecular weight excluding hydrogens is 293 g/mol. The zero-order chi connectivity index (χ0) is 14.8. The normalized spacial score (nSPS) is 16.1. The van der Waals surface area contributed by atoms with Gasteiger partial charge in [-0.2, -0.15) is 13.2 Å². The molecule has 1 N–H and O–H groups in total. The van der Waals surface area contributed by atoms with Crippen LogP contribution in [0.3, 0.4) is 0 Å². The number of anilines is 1. The molecular formula is C12H11F3N2O2S. The Balaban J connectivity index is 2.14. The van der Waals surface area contributed by atoms with Gasteiger partial charge in [0.15, 0.2) is 5.17 Å². The Kier molecular flexibility index (Phi) is 4.34. The van der Waals surface area contributed by atoms with E-state index in [0.29, 0.717) is 11.3 Å². The van der Waals surface area contributed by atoms with Crippen LogP contribution in [-0.2, 0) is 16.1 Å². The molecule has 1 aromatic rings. The first-order chi connectivity index (χ1) is 9.38. The van der Waals surface area contributed by atoms with Gasteiger partial charge in [0.25, 0.3) is 0 Å². The number of amidine groups is 1. The van der Waals surface area contributed by atoms with Gasteiger partial charge in [0.05, 0.1) is 18.0 Å². The van der Waals surface area contributed by atoms with Gasteiger partial charge in [0, 0.05) is 5.56 Å². The van der Waals surface area contributed by atoms with Crippen LogP contribution in [0.1, 0.15) is 5.56 Å². The first kappa shape index (κ1) is 14.9. The van der Waals surface area contributed by atoms with Crippen LogP contribution in [0.15, 0.2) is 24.3 Å². The number of thioether (sulfide) groups is 1. The lowest BCUT2D eigenvalue weighted by Gasteiger charge is -2.19. The van der Waals surface area contributed by atoms with E-state index in [-0.39, 0.29) is 23.4 Å². The summed E-state index contributed by atoms with van der Waals surface area (Å²) >= 11 is 1.08. The predicted octanol–water partition coefficient (Wildman–Crippen LogP) is 2.78. The van der Waals surface area contributed by atoms with E-state index in [1.807, 2.05) is 0 Å². The highest BCUT2D eigenvalue weighted by atomic mass is 32.2. The average Bonchev–Trinajstić information content (AvgIpc) is 2.68. The highest BCUT2D eigenvalue weighted by molar-refractivity contribution is 8.15. The van der Waals surface area contributed by atoms with Crippen molar-refractivity contribution in [2.75, 3.05) is 17.3 Å². The van der Waals surface area contributed by atoms with E-state index in [1.54, 1.807) is 24.3 Å². The highest BCUT2D eigenvalue weighted by Gasteiger charge is 2.31. The van der Waals surface area contributed by atoms with Crippen LogP contribution >= 0.6 is 11.8 Å². The monoisotopic (exact) mass is 304 g/mol. The molecule has 0 saturated carbocycles. The number of hydrogen-bond acceptors (Lipinski definition) is 4. The van der Waals surface area contributed by atoms with Gasteiger partial charge in [-0.15, -0.1) is 0 Å². The lowest BCUT2D eigenvalue weighted by molar-refractivity contribution is -0.176. The van der Waals surface area contributed by atoms with Crippen molar-refractivity contribution in [2.24, 2.45) is 0 Å². The zero-order valence-electron chi connectivity index (χ0n) is 10.2. The number of ether oxygens (including phenoxy) is 1. The molecule has 8 heteroatoms. The molecule has 1 amide bonds. The number of rotatable bonds is 4. The number of nitrogens with zero attached hydrogens (tertiary/aromatic N) is 1. The molecule has 1 heterocycles. The molecule has 1 saturated heterocycles. The van der Waals surface area contributed by atoms with E-state index in [9.17, 15) is 18.0 Å². The fourth-order valence-corrected chi connectivity index (χ4v) is 2.46. The van der Waals surface area contributed by atoms with Gasteiger partial charge in [-0.05, 0) is 6.07 Å². The number of para-hydroxylation sites is 1. The minimum Gasteiger partial charge on any atom is -0.367 e. The van der Waals surface area contributed by atoms with Crippen LogP contribution in [0.2, 0.25) is 0 Å². The summed E-state index contributed by atoms with van der Waals surface area (Å²) in [6, 6.07) is 6.47. The molecule has 0 bridgehead atoms. The molecule has 1 aliphatic rings. The quantitative estimate of drug-likeness (QED) is 0.930. The summed E-state index contributed by atoms with van der Waals surface area (Å²) < 4.78 is 40.8.